The molecule has 2 atom stereocenters. The SMILES string of the molecule is CCN1C(=O)CC(N2CCOCC2C(=O)O)C1=O. The fourth-order valence-electron chi connectivity index (χ4n) is 2.46. The van der Waals surface area contributed by atoms with E-state index in [1.807, 2.05) is 0 Å². The van der Waals surface area contributed by atoms with Gasteiger partial charge in [0.25, 0.3) is 0 Å². The molecule has 2 heterocycles. The second kappa shape index (κ2) is 5.03. The van der Waals surface area contributed by atoms with Crippen LogP contribution in [0, 0.1) is 0 Å². The van der Waals surface area contributed by atoms with Crippen molar-refractivity contribution < 1.29 is 24.2 Å². The minimum atomic E-state index is -1.02. The Kier molecular flexibility index (Phi) is 3.63. The van der Waals surface area contributed by atoms with Crippen molar-refractivity contribution >= 4 is 17.8 Å². The van der Waals surface area contributed by atoms with Crippen LogP contribution in [0.2, 0.25) is 0 Å². The number of morpholine rings is 1. The lowest BCUT2D eigenvalue weighted by Crippen LogP contribution is -2.56. The summed E-state index contributed by atoms with van der Waals surface area (Å²) in [6, 6.07) is -1.50. The first-order valence-electron chi connectivity index (χ1n) is 5.96. The van der Waals surface area contributed by atoms with E-state index < -0.39 is 18.1 Å². The van der Waals surface area contributed by atoms with Gasteiger partial charge in [-0.2, -0.15) is 0 Å². The molecule has 0 aliphatic carbocycles. The number of amides is 2. The highest BCUT2D eigenvalue weighted by Gasteiger charge is 2.45. The smallest absolute Gasteiger partial charge is 0.323 e. The summed E-state index contributed by atoms with van der Waals surface area (Å²) in [6.45, 7) is 2.86. The molecule has 2 amide bonds. The summed E-state index contributed by atoms with van der Waals surface area (Å²) in [5.41, 5.74) is 0. The van der Waals surface area contributed by atoms with Gasteiger partial charge in [0, 0.05) is 13.1 Å². The number of aliphatic carboxylic acids is 1. The summed E-state index contributed by atoms with van der Waals surface area (Å²) in [6.07, 6.45) is 0.0659. The lowest BCUT2D eigenvalue weighted by Gasteiger charge is -2.35. The lowest BCUT2D eigenvalue weighted by atomic mass is 10.1. The molecule has 2 unspecified atom stereocenters. The van der Waals surface area contributed by atoms with Gasteiger partial charge in [0.15, 0.2) is 0 Å². The molecule has 2 aliphatic heterocycles. The molecule has 0 saturated carbocycles. The molecule has 0 radical (unpaired) electrons. The average molecular weight is 256 g/mol. The third-order valence-corrected chi connectivity index (χ3v) is 3.39. The third-order valence-electron chi connectivity index (χ3n) is 3.39. The molecule has 1 N–H and O–H groups in total. The highest BCUT2D eigenvalue weighted by Crippen LogP contribution is 2.22. The molecule has 0 aromatic carbocycles. The van der Waals surface area contributed by atoms with Crippen LogP contribution in [0.4, 0.5) is 0 Å². The maximum atomic E-state index is 12.0. The fraction of sp³-hybridized carbons (Fsp3) is 0.727. The quantitative estimate of drug-likeness (QED) is 0.646. The number of likely N-dealkylation sites (tertiary alicyclic amines) is 1. The minimum absolute atomic E-state index is 0.0550. The Hall–Kier alpha value is -1.47. The van der Waals surface area contributed by atoms with E-state index in [0.29, 0.717) is 19.7 Å². The largest absolute Gasteiger partial charge is 0.480 e. The first-order valence-corrected chi connectivity index (χ1v) is 5.96. The summed E-state index contributed by atoms with van der Waals surface area (Å²) in [5.74, 6) is -1.55. The van der Waals surface area contributed by atoms with Crippen LogP contribution in [0.15, 0.2) is 0 Å². The highest BCUT2D eigenvalue weighted by atomic mass is 16.5. The predicted molar refractivity (Wildman–Crippen MR) is 59.7 cm³/mol. The number of hydrogen-bond acceptors (Lipinski definition) is 5. The van der Waals surface area contributed by atoms with Gasteiger partial charge in [-0.1, -0.05) is 0 Å². The van der Waals surface area contributed by atoms with E-state index in [1.165, 1.54) is 4.90 Å². The molecule has 7 heteroatoms. The van der Waals surface area contributed by atoms with Crippen molar-refractivity contribution in [3.63, 3.8) is 0 Å². The highest BCUT2D eigenvalue weighted by molar-refractivity contribution is 6.05. The first kappa shape index (κ1) is 13.0. The van der Waals surface area contributed by atoms with Gasteiger partial charge in [-0.05, 0) is 6.92 Å². The molecule has 0 bridgehead atoms. The van der Waals surface area contributed by atoms with Crippen molar-refractivity contribution in [1.82, 2.24) is 9.80 Å². The van der Waals surface area contributed by atoms with Crippen molar-refractivity contribution in [2.24, 2.45) is 0 Å². The molecule has 0 aromatic rings. The Balaban J connectivity index is 2.17. The van der Waals surface area contributed by atoms with Gasteiger partial charge < -0.3 is 9.84 Å². The summed E-state index contributed by atoms with van der Waals surface area (Å²) >= 11 is 0. The van der Waals surface area contributed by atoms with Crippen LogP contribution < -0.4 is 0 Å². The van der Waals surface area contributed by atoms with Gasteiger partial charge >= 0.3 is 5.97 Å². The normalized spacial score (nSPS) is 29.9. The van der Waals surface area contributed by atoms with Crippen LogP contribution in [0.5, 0.6) is 0 Å². The fourth-order valence-corrected chi connectivity index (χ4v) is 2.46. The van der Waals surface area contributed by atoms with Gasteiger partial charge in [0.05, 0.1) is 25.7 Å². The van der Waals surface area contributed by atoms with E-state index in [9.17, 15) is 14.4 Å². The van der Waals surface area contributed by atoms with Gasteiger partial charge in [0.2, 0.25) is 11.8 Å². The number of carboxylic acids is 1. The maximum Gasteiger partial charge on any atom is 0.323 e. The lowest BCUT2D eigenvalue weighted by molar-refractivity contribution is -0.153. The van der Waals surface area contributed by atoms with E-state index in [1.54, 1.807) is 11.8 Å². The van der Waals surface area contributed by atoms with Gasteiger partial charge in [-0.15, -0.1) is 0 Å². The number of carboxylic acid groups (broad SMARTS) is 1. The van der Waals surface area contributed by atoms with Crippen LogP contribution in [-0.4, -0.2) is 71.1 Å². The maximum absolute atomic E-state index is 12.0. The summed E-state index contributed by atoms with van der Waals surface area (Å²) in [4.78, 5) is 37.6. The Labute approximate surface area is 104 Å². The predicted octanol–water partition coefficient (Wildman–Crippen LogP) is -1.08. The average Bonchev–Trinajstić information content (AvgIpc) is 2.64. The van der Waals surface area contributed by atoms with Crippen molar-refractivity contribution in [2.45, 2.75) is 25.4 Å². The molecule has 2 fully saturated rings. The number of carbonyl (C=O) groups excluding carboxylic acids is 2. The zero-order valence-corrected chi connectivity index (χ0v) is 10.2. The zero-order valence-electron chi connectivity index (χ0n) is 10.2. The molecule has 2 saturated heterocycles. The molecule has 0 aromatic heterocycles. The molecule has 18 heavy (non-hydrogen) atoms. The Morgan fingerprint density at radius 2 is 2.22 bits per heavy atom. The van der Waals surface area contributed by atoms with Gasteiger partial charge in [-0.3, -0.25) is 24.2 Å². The first-order chi connectivity index (χ1) is 8.56. The number of rotatable bonds is 3. The van der Waals surface area contributed by atoms with E-state index in [-0.39, 0.29) is 24.8 Å². The number of likely N-dealkylation sites (N-methyl/N-ethyl adjacent to an activating group) is 1. The van der Waals surface area contributed by atoms with E-state index in [2.05, 4.69) is 0 Å². The number of hydrogen-bond donors (Lipinski definition) is 1. The van der Waals surface area contributed by atoms with Crippen molar-refractivity contribution in [1.29, 1.82) is 0 Å². The van der Waals surface area contributed by atoms with E-state index in [0.717, 1.165) is 0 Å². The van der Waals surface area contributed by atoms with Crippen LogP contribution in [-0.2, 0) is 19.1 Å². The van der Waals surface area contributed by atoms with Crippen LogP contribution in [0.25, 0.3) is 0 Å². The zero-order chi connectivity index (χ0) is 13.3. The summed E-state index contributed by atoms with van der Waals surface area (Å²) in [5, 5.41) is 9.11. The van der Waals surface area contributed by atoms with Gasteiger partial charge in [0.1, 0.15) is 6.04 Å². The summed E-state index contributed by atoms with van der Waals surface area (Å²) in [7, 11) is 0. The minimum Gasteiger partial charge on any atom is -0.480 e. The molecule has 100 valence electrons. The number of ether oxygens (including phenoxy) is 1. The molecule has 2 rings (SSSR count). The standard InChI is InChI=1S/C11H16N2O5/c1-2-12-9(14)5-7(10(12)15)13-3-4-18-6-8(13)11(16)17/h7-8H,2-6H2,1H3,(H,16,17). The van der Waals surface area contributed by atoms with E-state index in [4.69, 9.17) is 9.84 Å². The number of carbonyl (C=O) groups is 3. The molecular formula is C11H16N2O5. The third kappa shape index (κ3) is 2.11. The molecule has 2 aliphatic rings. The van der Waals surface area contributed by atoms with Crippen LogP contribution in [0.1, 0.15) is 13.3 Å². The Morgan fingerprint density at radius 1 is 1.50 bits per heavy atom. The Bertz CT molecular complexity index is 384. The monoisotopic (exact) mass is 256 g/mol. The van der Waals surface area contributed by atoms with E-state index >= 15 is 0 Å². The molecular weight excluding hydrogens is 240 g/mol. The second-order valence-electron chi connectivity index (χ2n) is 4.36. The summed E-state index contributed by atoms with van der Waals surface area (Å²) < 4.78 is 5.12. The van der Waals surface area contributed by atoms with Crippen molar-refractivity contribution in [3.05, 3.63) is 0 Å². The van der Waals surface area contributed by atoms with Crippen LogP contribution in [0.3, 0.4) is 0 Å². The van der Waals surface area contributed by atoms with Gasteiger partial charge in [-0.25, -0.2) is 0 Å². The molecule has 7 nitrogen and oxygen atoms in total. The van der Waals surface area contributed by atoms with Crippen molar-refractivity contribution in [2.75, 3.05) is 26.3 Å². The van der Waals surface area contributed by atoms with Crippen LogP contribution >= 0.6 is 0 Å². The molecule has 0 spiro atoms. The topological polar surface area (TPSA) is 87.2 Å². The second-order valence-corrected chi connectivity index (χ2v) is 4.36. The number of imide groups is 1. The Morgan fingerprint density at radius 3 is 2.78 bits per heavy atom. The van der Waals surface area contributed by atoms with Crippen molar-refractivity contribution in [3.8, 4) is 0 Å². The number of nitrogens with zero attached hydrogens (tertiary/aromatic N) is 2.